The van der Waals surface area contributed by atoms with Gasteiger partial charge < -0.3 is 20.1 Å². The highest BCUT2D eigenvalue weighted by atomic mass is 35.5. The van der Waals surface area contributed by atoms with Crippen molar-refractivity contribution in [1.82, 2.24) is 15.3 Å². The van der Waals surface area contributed by atoms with E-state index < -0.39 is 0 Å². The molecule has 5 rings (SSSR count). The van der Waals surface area contributed by atoms with Crippen molar-refractivity contribution in [2.45, 2.75) is 63.6 Å². The van der Waals surface area contributed by atoms with E-state index in [1.54, 1.807) is 19.3 Å². The molecule has 41 heavy (non-hydrogen) atoms. The molecule has 3 aliphatic rings. The van der Waals surface area contributed by atoms with Gasteiger partial charge in [-0.05, 0) is 37.2 Å². The average molecular weight is 604 g/mol. The van der Waals surface area contributed by atoms with Gasteiger partial charge in [-0.1, -0.05) is 55.5 Å². The smallest absolute Gasteiger partial charge is 0.330 e. The van der Waals surface area contributed by atoms with Gasteiger partial charge in [0.05, 0.1) is 26.5 Å². The minimum Gasteiger partial charge on any atom is -0.495 e. The lowest BCUT2D eigenvalue weighted by Gasteiger charge is -2.39. The number of hydrogen-bond donors (Lipinski definition) is 2. The van der Waals surface area contributed by atoms with E-state index in [0.29, 0.717) is 29.2 Å². The van der Waals surface area contributed by atoms with E-state index in [1.807, 2.05) is 0 Å². The zero-order valence-corrected chi connectivity index (χ0v) is 25.1. The molecule has 2 N–H and O–H groups in total. The van der Waals surface area contributed by atoms with Gasteiger partial charge in [0.15, 0.2) is 0 Å². The SMILES string of the molecule is C=CC(=O)N[C@@H]1CCC(C2CCCC2)C[C@@H]1Nc1ncc2c(n1)N(C)C(=O)N(c1c(Cl)c(OC)cc(OC)c1Cl)C2. The number of rotatable bonds is 8. The van der Waals surface area contributed by atoms with Crippen LogP contribution in [-0.4, -0.2) is 55.3 Å². The zero-order valence-electron chi connectivity index (χ0n) is 23.6. The number of anilines is 3. The summed E-state index contributed by atoms with van der Waals surface area (Å²) in [7, 11) is 4.61. The maximum absolute atomic E-state index is 13.6. The quantitative estimate of drug-likeness (QED) is 0.366. The number of ether oxygens (including phenoxy) is 2. The van der Waals surface area contributed by atoms with Crippen molar-refractivity contribution in [3.63, 3.8) is 0 Å². The summed E-state index contributed by atoms with van der Waals surface area (Å²) in [6.45, 7) is 3.76. The summed E-state index contributed by atoms with van der Waals surface area (Å²) in [4.78, 5) is 38.1. The van der Waals surface area contributed by atoms with Crippen LogP contribution in [0.15, 0.2) is 24.9 Å². The molecular weight excluding hydrogens is 567 g/mol. The van der Waals surface area contributed by atoms with Crippen LogP contribution in [-0.2, 0) is 11.3 Å². The van der Waals surface area contributed by atoms with Crippen molar-refractivity contribution in [3.05, 3.63) is 40.5 Å². The predicted octanol–water partition coefficient (Wildman–Crippen LogP) is 5.82. The lowest BCUT2D eigenvalue weighted by atomic mass is 9.75. The highest BCUT2D eigenvalue weighted by Crippen LogP contribution is 2.48. The van der Waals surface area contributed by atoms with Gasteiger partial charge in [0.25, 0.3) is 0 Å². The van der Waals surface area contributed by atoms with Crippen molar-refractivity contribution < 1.29 is 19.1 Å². The van der Waals surface area contributed by atoms with Gasteiger partial charge in [-0.2, -0.15) is 4.98 Å². The van der Waals surface area contributed by atoms with Gasteiger partial charge in [-0.15, -0.1) is 0 Å². The van der Waals surface area contributed by atoms with Crippen LogP contribution in [0.2, 0.25) is 10.0 Å². The number of halogens is 2. The Morgan fingerprint density at radius 2 is 1.76 bits per heavy atom. The average Bonchev–Trinajstić information content (AvgIpc) is 3.52. The Labute approximate surface area is 250 Å². The number of benzene rings is 1. The number of carbonyl (C=O) groups excluding carboxylic acids is 2. The maximum Gasteiger partial charge on any atom is 0.330 e. The number of fused-ring (bicyclic) bond motifs is 1. The number of hydrogen-bond acceptors (Lipinski definition) is 7. The van der Waals surface area contributed by atoms with Crippen LogP contribution < -0.4 is 29.9 Å². The molecule has 3 atom stereocenters. The van der Waals surface area contributed by atoms with Crippen molar-refractivity contribution in [3.8, 4) is 11.5 Å². The molecule has 12 heteroatoms. The fourth-order valence-corrected chi connectivity index (χ4v) is 7.17. The molecule has 2 aromatic rings. The molecule has 1 aliphatic heterocycles. The number of urea groups is 1. The molecule has 1 aromatic heterocycles. The summed E-state index contributed by atoms with van der Waals surface area (Å²) in [5.74, 6) is 2.69. The van der Waals surface area contributed by atoms with Crippen LogP contribution in [0.3, 0.4) is 0 Å². The standard InChI is InChI=1S/C29H36Cl2N6O4/c1-5-23(38)33-19-11-10-17(16-8-6-7-9-16)12-20(19)34-28-32-14-18-15-37(29(39)36(2)27(18)35-28)26-24(30)21(40-3)13-22(41-4)25(26)31/h5,13-14,16-17,19-20H,1,6-12,15H2,2-4H3,(H,33,38)(H,32,34,35)/t17?,19-,20+/m1/s1. The molecule has 220 valence electrons. The molecule has 1 aromatic carbocycles. The molecule has 1 unspecified atom stereocenters. The van der Waals surface area contributed by atoms with E-state index in [1.165, 1.54) is 55.8 Å². The van der Waals surface area contributed by atoms with Gasteiger partial charge in [0.1, 0.15) is 27.4 Å². The molecule has 0 radical (unpaired) electrons. The summed E-state index contributed by atoms with van der Waals surface area (Å²) < 4.78 is 10.8. The summed E-state index contributed by atoms with van der Waals surface area (Å²) in [5, 5.41) is 6.98. The van der Waals surface area contributed by atoms with Gasteiger partial charge in [0.2, 0.25) is 11.9 Å². The normalized spacial score (nSPS) is 22.8. The first-order valence-corrected chi connectivity index (χ1v) is 14.7. The van der Waals surface area contributed by atoms with E-state index in [2.05, 4.69) is 22.2 Å². The summed E-state index contributed by atoms with van der Waals surface area (Å²) >= 11 is 13.2. The van der Waals surface area contributed by atoms with Crippen LogP contribution >= 0.6 is 23.2 Å². The molecule has 0 saturated heterocycles. The Kier molecular flexibility index (Phi) is 8.79. The Balaban J connectivity index is 1.41. The lowest BCUT2D eigenvalue weighted by molar-refractivity contribution is -0.117. The molecule has 2 saturated carbocycles. The van der Waals surface area contributed by atoms with Crippen molar-refractivity contribution >= 4 is 52.6 Å². The summed E-state index contributed by atoms with van der Waals surface area (Å²) in [6, 6.07) is 1.10. The predicted molar refractivity (Wildman–Crippen MR) is 160 cm³/mol. The van der Waals surface area contributed by atoms with Gasteiger partial charge in [-0.3, -0.25) is 14.6 Å². The van der Waals surface area contributed by atoms with Crippen molar-refractivity contribution in [1.29, 1.82) is 0 Å². The van der Waals surface area contributed by atoms with E-state index in [4.69, 9.17) is 37.7 Å². The fraction of sp³-hybridized carbons (Fsp3) is 0.517. The fourth-order valence-electron chi connectivity index (χ4n) is 6.46. The van der Waals surface area contributed by atoms with E-state index in [-0.39, 0.29) is 46.3 Å². The van der Waals surface area contributed by atoms with Gasteiger partial charge in [-0.25, -0.2) is 9.78 Å². The van der Waals surface area contributed by atoms with Crippen LogP contribution in [0.25, 0.3) is 0 Å². The molecular formula is C29H36Cl2N6O4. The molecule has 0 bridgehead atoms. The number of carbonyl (C=O) groups is 2. The van der Waals surface area contributed by atoms with Crippen molar-refractivity contribution in [2.24, 2.45) is 11.8 Å². The van der Waals surface area contributed by atoms with Gasteiger partial charge in [0, 0.05) is 37.0 Å². The highest BCUT2D eigenvalue weighted by Gasteiger charge is 2.38. The Hall–Kier alpha value is -3.24. The van der Waals surface area contributed by atoms with Crippen molar-refractivity contribution in [2.75, 3.05) is 36.4 Å². The third-order valence-corrected chi connectivity index (χ3v) is 9.34. The van der Waals surface area contributed by atoms with Crippen LogP contribution in [0.1, 0.15) is 50.5 Å². The zero-order chi connectivity index (χ0) is 29.3. The second-order valence-electron chi connectivity index (χ2n) is 10.9. The number of methoxy groups -OCH3 is 2. The second-order valence-corrected chi connectivity index (χ2v) is 11.7. The Bertz CT molecular complexity index is 1310. The summed E-state index contributed by atoms with van der Waals surface area (Å²) in [5.41, 5.74) is 1.01. The maximum atomic E-state index is 13.6. The first-order valence-electron chi connectivity index (χ1n) is 14.0. The molecule has 10 nitrogen and oxygen atoms in total. The summed E-state index contributed by atoms with van der Waals surface area (Å²) in [6.07, 6.45) is 11.0. The first kappa shape index (κ1) is 29.3. The van der Waals surface area contributed by atoms with Gasteiger partial charge >= 0.3 is 6.03 Å². The molecule has 2 fully saturated rings. The van der Waals surface area contributed by atoms with Crippen LogP contribution in [0.5, 0.6) is 11.5 Å². The minimum absolute atomic E-state index is 0.0424. The molecule has 0 spiro atoms. The minimum atomic E-state index is -0.364. The monoisotopic (exact) mass is 602 g/mol. The molecule has 2 heterocycles. The van der Waals surface area contributed by atoms with Crippen LogP contribution in [0, 0.1) is 11.8 Å². The third-order valence-electron chi connectivity index (χ3n) is 8.61. The number of aromatic nitrogens is 2. The lowest BCUT2D eigenvalue weighted by Crippen LogP contribution is -2.51. The first-order chi connectivity index (χ1) is 19.7. The highest BCUT2D eigenvalue weighted by molar-refractivity contribution is 6.42. The van der Waals surface area contributed by atoms with E-state index in [0.717, 1.165) is 30.7 Å². The Morgan fingerprint density at radius 3 is 2.39 bits per heavy atom. The van der Waals surface area contributed by atoms with E-state index >= 15 is 0 Å². The number of nitrogens with zero attached hydrogens (tertiary/aromatic N) is 4. The Morgan fingerprint density at radius 1 is 1.07 bits per heavy atom. The third kappa shape index (κ3) is 5.77. The molecule has 2 aliphatic carbocycles. The largest absolute Gasteiger partial charge is 0.495 e. The molecule has 3 amide bonds. The van der Waals surface area contributed by atoms with E-state index in [9.17, 15) is 9.59 Å². The van der Waals surface area contributed by atoms with Crippen LogP contribution in [0.4, 0.5) is 22.2 Å². The number of amides is 3. The topological polar surface area (TPSA) is 109 Å². The second kappa shape index (κ2) is 12.3. The number of nitrogens with one attached hydrogen (secondary N) is 2.